The van der Waals surface area contributed by atoms with Gasteiger partial charge in [0, 0.05) is 0 Å². The topological polar surface area (TPSA) is 36.1 Å². The first-order chi connectivity index (χ1) is 11.2. The molecule has 0 aromatic carbocycles. The molecule has 0 saturated heterocycles. The van der Waals surface area contributed by atoms with E-state index in [1.807, 2.05) is 0 Å². The van der Waals surface area contributed by atoms with E-state index in [1.165, 1.54) is 3.28 Å². The second-order valence-electron chi connectivity index (χ2n) is 6.76. The van der Waals surface area contributed by atoms with Gasteiger partial charge < -0.3 is 0 Å². The van der Waals surface area contributed by atoms with E-state index in [9.17, 15) is 3.50 Å². The Bertz CT molecular complexity index is 372. The Labute approximate surface area is 148 Å². The molecule has 0 aromatic rings. The van der Waals surface area contributed by atoms with Crippen molar-refractivity contribution < 1.29 is 20.6 Å². The van der Waals surface area contributed by atoms with Gasteiger partial charge in [-0.25, -0.2) is 0 Å². The summed E-state index contributed by atoms with van der Waals surface area (Å²) in [6, 6.07) is 0. The Kier molecular flexibility index (Phi) is 10.7. The third-order valence-corrected chi connectivity index (χ3v) is 39.8. The van der Waals surface area contributed by atoms with E-state index in [4.69, 9.17) is 0 Å². The zero-order valence-corrected chi connectivity index (χ0v) is 20.8. The minimum absolute atomic E-state index is 0.928. The summed E-state index contributed by atoms with van der Waals surface area (Å²) in [5.74, 6) is 0. The van der Waals surface area contributed by atoms with Crippen molar-refractivity contribution in [3.63, 3.8) is 0 Å². The fraction of sp³-hybridized carbons (Fsp3) is 0.765. The third kappa shape index (κ3) is 5.88. The third-order valence-electron chi connectivity index (χ3n) is 4.88. The van der Waals surface area contributed by atoms with Crippen LogP contribution in [0, 0.1) is 0 Å². The van der Waals surface area contributed by atoms with Crippen LogP contribution in [0.25, 0.3) is 0 Å². The molecule has 0 amide bonds. The van der Waals surface area contributed by atoms with Crippen molar-refractivity contribution >= 4 is 12.1 Å². The Balaban J connectivity index is 3.06. The number of hydrogen-bond donors (Lipinski definition) is 3. The van der Waals surface area contributed by atoms with Gasteiger partial charge in [0.2, 0.25) is 0 Å². The van der Waals surface area contributed by atoms with Gasteiger partial charge in [-0.1, -0.05) is 0 Å². The van der Waals surface area contributed by atoms with Gasteiger partial charge >= 0.3 is 149 Å². The van der Waals surface area contributed by atoms with Crippen LogP contribution in [-0.4, -0.2) is 31.7 Å². The van der Waals surface area contributed by atoms with Gasteiger partial charge in [0.15, 0.2) is 0 Å². The molecule has 0 heterocycles. The average Bonchev–Trinajstić information content (AvgIpc) is 3.11. The van der Waals surface area contributed by atoms with Crippen LogP contribution in [0.4, 0.5) is 3.50 Å². The number of allylic oxidation sites excluding steroid dienone is 4. The van der Waals surface area contributed by atoms with Gasteiger partial charge in [0.05, 0.1) is 0 Å². The van der Waals surface area contributed by atoms with Crippen molar-refractivity contribution in [2.24, 2.45) is 0 Å². The first kappa shape index (κ1) is 21.8. The van der Waals surface area contributed by atoms with Crippen molar-refractivity contribution in [2.75, 3.05) is 19.6 Å². The number of rotatable bonds is 14. The number of halogens is 1. The van der Waals surface area contributed by atoms with E-state index < -0.39 is 29.3 Å². The van der Waals surface area contributed by atoms with Crippen molar-refractivity contribution in [1.82, 2.24) is 9.78 Å². The molecule has 0 radical (unpaired) electrons. The van der Waals surface area contributed by atoms with Gasteiger partial charge in [-0.2, -0.15) is 0 Å². The molecule has 0 bridgehead atoms. The van der Waals surface area contributed by atoms with E-state index in [1.54, 1.807) is 0 Å². The Morgan fingerprint density at radius 3 is 1.74 bits per heavy atom. The summed E-state index contributed by atoms with van der Waals surface area (Å²) >= 11 is -6.25. The Hall–Kier alpha value is 0.716. The first-order valence-electron chi connectivity index (χ1n) is 9.52. The van der Waals surface area contributed by atoms with Crippen LogP contribution < -0.4 is 9.78 Å². The number of unbranched alkanes of at least 4 members (excludes halogenated alkanes) is 3. The molecule has 0 fully saturated rings. The predicted octanol–water partition coefficient (Wildman–Crippen LogP) is 3.40. The fourth-order valence-electron chi connectivity index (χ4n) is 3.24. The van der Waals surface area contributed by atoms with Crippen LogP contribution in [0.1, 0.15) is 65.7 Å². The quantitative estimate of drug-likeness (QED) is 0.271. The van der Waals surface area contributed by atoms with Crippen LogP contribution in [-0.2, 0) is 17.1 Å². The summed E-state index contributed by atoms with van der Waals surface area (Å²) < 4.78 is 27.8. The van der Waals surface area contributed by atoms with Gasteiger partial charge in [0.25, 0.3) is 0 Å². The van der Waals surface area contributed by atoms with Crippen molar-refractivity contribution in [3.05, 3.63) is 21.5 Å². The molecule has 0 aliphatic heterocycles. The molecular formula is C17H37FGeN3Zr. The molecule has 3 N–H and O–H groups in total. The second-order valence-corrected chi connectivity index (χ2v) is 39.6. The van der Waals surface area contributed by atoms with E-state index in [0.29, 0.717) is 0 Å². The van der Waals surface area contributed by atoms with Crippen LogP contribution in [0.3, 0.4) is 0 Å². The Morgan fingerprint density at radius 1 is 0.957 bits per heavy atom. The molecule has 1 rings (SSSR count). The van der Waals surface area contributed by atoms with Crippen molar-refractivity contribution in [3.8, 4) is 0 Å². The molecule has 0 aromatic heterocycles. The van der Waals surface area contributed by atoms with Gasteiger partial charge in [-0.15, -0.1) is 0 Å². The normalized spacial score (nSPS) is 16.9. The standard InChI is InChI=1S/C5H5.3C4H10N.FGeH2.Zr/c1-2-4-5-3-1;3*1-2-3-4-5;1-2;/h1-3H,4H2;3*5H,2-4H2,1H3;2H2;/q;3*-1;;+3. The summed E-state index contributed by atoms with van der Waals surface area (Å²) in [7, 11) is 0. The van der Waals surface area contributed by atoms with E-state index in [2.05, 4.69) is 48.8 Å². The van der Waals surface area contributed by atoms with Gasteiger partial charge in [-0.3, -0.25) is 0 Å². The maximum atomic E-state index is 14.9. The number of nitrogens with one attached hydrogen (secondary N) is 3. The monoisotopic (exact) mass is 466 g/mol. The van der Waals surface area contributed by atoms with Crippen LogP contribution >= 0.6 is 0 Å². The molecule has 23 heavy (non-hydrogen) atoms. The molecule has 6 heteroatoms. The van der Waals surface area contributed by atoms with Crippen molar-refractivity contribution in [2.45, 2.75) is 65.7 Å². The maximum absolute atomic E-state index is 14.9. The minimum atomic E-state index is -4.01. The summed E-state index contributed by atoms with van der Waals surface area (Å²) in [5.41, 5.74) is 0. The summed E-state index contributed by atoms with van der Waals surface area (Å²) in [6.07, 6.45) is 14.3. The van der Waals surface area contributed by atoms with E-state index >= 15 is 0 Å². The summed E-state index contributed by atoms with van der Waals surface area (Å²) in [4.78, 5) is 0. The average molecular weight is 466 g/mol. The molecule has 1 aliphatic rings. The number of hydrogen-bond acceptors (Lipinski definition) is 3. The molecule has 0 unspecified atom stereocenters. The zero-order chi connectivity index (χ0) is 17.0. The van der Waals surface area contributed by atoms with E-state index in [-0.39, 0.29) is 0 Å². The van der Waals surface area contributed by atoms with Crippen LogP contribution in [0.5, 0.6) is 0 Å². The molecule has 0 atom stereocenters. The first-order valence-corrected chi connectivity index (χ1v) is 26.1. The molecule has 135 valence electrons. The van der Waals surface area contributed by atoms with Crippen LogP contribution in [0.2, 0.25) is 0 Å². The zero-order valence-electron chi connectivity index (χ0n) is 15.4. The Morgan fingerprint density at radius 2 is 1.43 bits per heavy atom. The molecule has 0 saturated carbocycles. The van der Waals surface area contributed by atoms with Gasteiger partial charge in [0.1, 0.15) is 0 Å². The van der Waals surface area contributed by atoms with Crippen molar-refractivity contribution in [1.29, 1.82) is 0 Å². The fourth-order valence-corrected chi connectivity index (χ4v) is 30.3. The predicted molar refractivity (Wildman–Crippen MR) is 100 cm³/mol. The molecule has 0 spiro atoms. The SMILES string of the molecule is CCCC[NH][Zr]([NH]CCCC)([NH]CCCC)([GeH2][F])[C]1=CC=CC1. The second kappa shape index (κ2) is 11.4. The molecule has 1 aliphatic carbocycles. The van der Waals surface area contributed by atoms with Crippen LogP contribution in [0.15, 0.2) is 21.5 Å². The van der Waals surface area contributed by atoms with E-state index in [0.717, 1.165) is 64.6 Å². The van der Waals surface area contributed by atoms with Gasteiger partial charge in [-0.05, 0) is 0 Å². The molecular weight excluding hydrogens is 429 g/mol. The molecule has 3 nitrogen and oxygen atoms in total. The summed E-state index contributed by atoms with van der Waals surface area (Å²) in [6.45, 7) is 9.42. The summed E-state index contributed by atoms with van der Waals surface area (Å²) in [5, 5.41) is 0.